The first-order valence-corrected chi connectivity index (χ1v) is 3.02. The highest BCUT2D eigenvalue weighted by molar-refractivity contribution is 4.79. The van der Waals surface area contributed by atoms with E-state index in [2.05, 4.69) is 5.43 Å². The van der Waals surface area contributed by atoms with Crippen LogP contribution in [-0.4, -0.2) is 25.5 Å². The summed E-state index contributed by atoms with van der Waals surface area (Å²) in [5.74, 6) is 0. The first kappa shape index (κ1) is 9.36. The van der Waals surface area contributed by atoms with Crippen molar-refractivity contribution in [3.8, 4) is 0 Å². The normalized spacial score (nSPS) is 11.3. The van der Waals surface area contributed by atoms with Gasteiger partial charge in [0.2, 0.25) is 6.43 Å². The van der Waals surface area contributed by atoms with E-state index < -0.39 is 6.43 Å². The molecule has 1 N–H and O–H groups in total. The van der Waals surface area contributed by atoms with E-state index in [0.717, 1.165) is 0 Å². The first-order chi connectivity index (χ1) is 4.66. The van der Waals surface area contributed by atoms with Crippen LogP contribution in [0.2, 0.25) is 0 Å². The van der Waals surface area contributed by atoms with Crippen molar-refractivity contribution in [2.24, 2.45) is 0 Å². The molecule has 0 amide bonds. The Morgan fingerprint density at radius 2 is 2.20 bits per heavy atom. The fourth-order valence-corrected chi connectivity index (χ4v) is 0.396. The minimum Gasteiger partial charge on any atom is -0.319 e. The van der Waals surface area contributed by atoms with E-state index in [4.69, 9.17) is 0 Å². The molecule has 0 aromatic carbocycles. The quantitative estimate of drug-likeness (QED) is 0.606. The minimum atomic E-state index is -2.25. The second-order valence-electron chi connectivity index (χ2n) is 1.85. The van der Waals surface area contributed by atoms with E-state index >= 15 is 0 Å². The summed E-state index contributed by atoms with van der Waals surface area (Å²) in [4.78, 5) is 0. The lowest BCUT2D eigenvalue weighted by molar-refractivity contribution is 0.151. The van der Waals surface area contributed by atoms with Gasteiger partial charge in [-0.1, -0.05) is 6.08 Å². The van der Waals surface area contributed by atoms with Crippen molar-refractivity contribution >= 4 is 0 Å². The lowest BCUT2D eigenvalue weighted by atomic mass is 10.4. The van der Waals surface area contributed by atoms with Gasteiger partial charge in [0, 0.05) is 26.7 Å². The number of rotatable bonds is 4. The summed E-state index contributed by atoms with van der Waals surface area (Å²) in [6.45, 7) is 0. The van der Waals surface area contributed by atoms with Crippen LogP contribution in [0.1, 0.15) is 6.42 Å². The Morgan fingerprint density at radius 3 is 2.60 bits per heavy atom. The first-order valence-electron chi connectivity index (χ1n) is 3.02. The number of nitrogens with zero attached hydrogens (tertiary/aromatic N) is 1. The summed E-state index contributed by atoms with van der Waals surface area (Å²) in [5, 5.41) is 1.60. The van der Waals surface area contributed by atoms with Gasteiger partial charge in [-0.25, -0.2) is 14.2 Å². The van der Waals surface area contributed by atoms with Crippen LogP contribution in [0.5, 0.6) is 0 Å². The lowest BCUT2D eigenvalue weighted by Crippen LogP contribution is -2.24. The largest absolute Gasteiger partial charge is 0.319 e. The summed E-state index contributed by atoms with van der Waals surface area (Å²) in [6, 6.07) is 0. The Balaban J connectivity index is 3.36. The standard InChI is InChI=1S/C6H12F2N2/c1-9-10(2)5-3-4-6(7)8/h3,5-6,9H,4H2,1-2H3/b5-3-. The Kier molecular flexibility index (Phi) is 4.84. The number of hydrazine groups is 1. The van der Waals surface area contributed by atoms with Crippen LogP contribution in [0.4, 0.5) is 8.78 Å². The van der Waals surface area contributed by atoms with Gasteiger partial charge in [0.25, 0.3) is 0 Å². The maximum Gasteiger partial charge on any atom is 0.242 e. The van der Waals surface area contributed by atoms with Crippen molar-refractivity contribution in [1.82, 2.24) is 10.4 Å². The predicted molar refractivity (Wildman–Crippen MR) is 36.6 cm³/mol. The van der Waals surface area contributed by atoms with Crippen molar-refractivity contribution in [3.05, 3.63) is 12.3 Å². The molecule has 0 aliphatic carbocycles. The van der Waals surface area contributed by atoms with E-state index in [1.54, 1.807) is 25.3 Å². The fourth-order valence-electron chi connectivity index (χ4n) is 0.396. The molecule has 0 atom stereocenters. The van der Waals surface area contributed by atoms with Crippen LogP contribution in [0.3, 0.4) is 0 Å². The van der Waals surface area contributed by atoms with Gasteiger partial charge in [-0.3, -0.25) is 0 Å². The molecule has 0 aliphatic heterocycles. The SMILES string of the molecule is CNN(C)/C=C\CC(F)F. The third kappa shape index (κ3) is 5.50. The van der Waals surface area contributed by atoms with E-state index in [1.165, 1.54) is 6.08 Å². The Morgan fingerprint density at radius 1 is 1.60 bits per heavy atom. The summed E-state index contributed by atoms with van der Waals surface area (Å²) in [7, 11) is 3.45. The molecule has 0 spiro atoms. The smallest absolute Gasteiger partial charge is 0.242 e. The van der Waals surface area contributed by atoms with Crippen molar-refractivity contribution < 1.29 is 8.78 Å². The molecule has 60 valence electrons. The van der Waals surface area contributed by atoms with Gasteiger partial charge in [0.15, 0.2) is 0 Å². The maximum absolute atomic E-state index is 11.5. The van der Waals surface area contributed by atoms with E-state index in [-0.39, 0.29) is 6.42 Å². The van der Waals surface area contributed by atoms with Gasteiger partial charge in [-0.15, -0.1) is 0 Å². The highest BCUT2D eigenvalue weighted by Crippen LogP contribution is 1.98. The third-order valence-electron chi connectivity index (χ3n) is 0.996. The van der Waals surface area contributed by atoms with Crippen molar-refractivity contribution in [1.29, 1.82) is 0 Å². The minimum absolute atomic E-state index is 0.188. The second kappa shape index (κ2) is 5.17. The monoisotopic (exact) mass is 150 g/mol. The van der Waals surface area contributed by atoms with Crippen LogP contribution < -0.4 is 5.43 Å². The van der Waals surface area contributed by atoms with Crippen LogP contribution in [0, 0.1) is 0 Å². The molecule has 0 aromatic rings. The number of nitrogens with one attached hydrogen (secondary N) is 1. The zero-order chi connectivity index (χ0) is 7.98. The summed E-state index contributed by atoms with van der Waals surface area (Å²) in [6.07, 6.45) is 0.542. The molecule has 0 saturated heterocycles. The summed E-state index contributed by atoms with van der Waals surface area (Å²) < 4.78 is 23.0. The lowest BCUT2D eigenvalue weighted by Gasteiger charge is -2.10. The van der Waals surface area contributed by atoms with Gasteiger partial charge in [0.1, 0.15) is 0 Å². The highest BCUT2D eigenvalue weighted by atomic mass is 19.3. The molecule has 0 saturated carbocycles. The molecule has 0 radical (unpaired) electrons. The fraction of sp³-hybridized carbons (Fsp3) is 0.667. The topological polar surface area (TPSA) is 15.3 Å². The van der Waals surface area contributed by atoms with Crippen LogP contribution >= 0.6 is 0 Å². The number of allylic oxidation sites excluding steroid dienone is 1. The number of hydrogen-bond acceptors (Lipinski definition) is 2. The van der Waals surface area contributed by atoms with Gasteiger partial charge >= 0.3 is 0 Å². The molecule has 0 aliphatic rings. The predicted octanol–water partition coefficient (Wildman–Crippen LogP) is 1.22. The molecule has 10 heavy (non-hydrogen) atoms. The molecular formula is C6H12F2N2. The molecule has 0 fully saturated rings. The molecule has 0 heterocycles. The molecular weight excluding hydrogens is 138 g/mol. The van der Waals surface area contributed by atoms with Gasteiger partial charge in [0.05, 0.1) is 0 Å². The third-order valence-corrected chi connectivity index (χ3v) is 0.996. The van der Waals surface area contributed by atoms with Crippen molar-refractivity contribution in [3.63, 3.8) is 0 Å². The number of hydrogen-bond donors (Lipinski definition) is 1. The van der Waals surface area contributed by atoms with Gasteiger partial charge < -0.3 is 5.01 Å². The molecule has 0 unspecified atom stereocenters. The van der Waals surface area contributed by atoms with Gasteiger partial charge in [-0.2, -0.15) is 0 Å². The molecule has 0 rings (SSSR count). The highest BCUT2D eigenvalue weighted by Gasteiger charge is 1.95. The second-order valence-corrected chi connectivity index (χ2v) is 1.85. The average molecular weight is 150 g/mol. The summed E-state index contributed by atoms with van der Waals surface area (Å²) in [5.41, 5.74) is 2.74. The van der Waals surface area contributed by atoms with E-state index in [9.17, 15) is 8.78 Å². The van der Waals surface area contributed by atoms with E-state index in [0.29, 0.717) is 0 Å². The molecule has 0 bridgehead atoms. The maximum atomic E-state index is 11.5. The van der Waals surface area contributed by atoms with Gasteiger partial charge in [-0.05, 0) is 0 Å². The average Bonchev–Trinajstić information content (AvgIpc) is 1.87. The van der Waals surface area contributed by atoms with Crippen LogP contribution in [0.25, 0.3) is 0 Å². The zero-order valence-corrected chi connectivity index (χ0v) is 6.14. The van der Waals surface area contributed by atoms with Crippen molar-refractivity contribution in [2.45, 2.75) is 12.8 Å². The molecule has 2 nitrogen and oxygen atoms in total. The Hall–Kier alpha value is -0.640. The number of halogens is 2. The molecule has 0 aromatic heterocycles. The van der Waals surface area contributed by atoms with Crippen LogP contribution in [-0.2, 0) is 0 Å². The summed E-state index contributed by atoms with van der Waals surface area (Å²) >= 11 is 0. The van der Waals surface area contributed by atoms with E-state index in [1.807, 2.05) is 0 Å². The number of alkyl halides is 2. The van der Waals surface area contributed by atoms with Crippen molar-refractivity contribution in [2.75, 3.05) is 14.1 Å². The Bertz CT molecular complexity index is 104. The Labute approximate surface area is 59.5 Å². The molecule has 4 heteroatoms. The van der Waals surface area contributed by atoms with Crippen LogP contribution in [0.15, 0.2) is 12.3 Å². The zero-order valence-electron chi connectivity index (χ0n) is 6.14.